The maximum atomic E-state index is 12.8. The van der Waals surface area contributed by atoms with Crippen LogP contribution in [0.15, 0.2) is 59.0 Å². The van der Waals surface area contributed by atoms with Gasteiger partial charge in [-0.3, -0.25) is 4.79 Å². The molecule has 0 bridgehead atoms. The highest BCUT2D eigenvalue weighted by Gasteiger charge is 2.32. The van der Waals surface area contributed by atoms with Crippen LogP contribution in [0.4, 0.5) is 0 Å². The van der Waals surface area contributed by atoms with Gasteiger partial charge in [0.05, 0.1) is 16.8 Å². The molecule has 6 nitrogen and oxygen atoms in total. The number of carbonyl (C=O) groups excluding carboxylic acids is 1. The highest BCUT2D eigenvalue weighted by molar-refractivity contribution is 7.19. The van der Waals surface area contributed by atoms with Crippen molar-refractivity contribution >= 4 is 45.1 Å². The predicted molar refractivity (Wildman–Crippen MR) is 117 cm³/mol. The molecule has 1 amide bonds. The second-order valence-corrected chi connectivity index (χ2v) is 8.56. The van der Waals surface area contributed by atoms with Gasteiger partial charge in [0, 0.05) is 22.7 Å². The van der Waals surface area contributed by atoms with Crippen LogP contribution in [-0.2, 0) is 11.3 Å². The molecule has 8 heteroatoms. The van der Waals surface area contributed by atoms with E-state index in [4.69, 9.17) is 16.0 Å². The van der Waals surface area contributed by atoms with E-state index < -0.39 is 0 Å². The summed E-state index contributed by atoms with van der Waals surface area (Å²) in [5.41, 5.74) is 1.73. The van der Waals surface area contributed by atoms with Crippen molar-refractivity contribution < 1.29 is 9.21 Å². The smallest absolute Gasteiger partial charge is 0.247 e. The monoisotopic (exact) mass is 436 g/mol. The third kappa shape index (κ3) is 4.13. The lowest BCUT2D eigenvalue weighted by Crippen LogP contribution is -2.31. The number of thiazole rings is 1. The van der Waals surface area contributed by atoms with Gasteiger partial charge in [-0.15, -0.1) is 21.5 Å². The van der Waals surface area contributed by atoms with Gasteiger partial charge >= 0.3 is 0 Å². The molecule has 4 aromatic rings. The molecule has 0 N–H and O–H groups in total. The van der Waals surface area contributed by atoms with Gasteiger partial charge in [-0.2, -0.15) is 0 Å². The summed E-state index contributed by atoms with van der Waals surface area (Å²) in [5.74, 6) is 0.742. The number of nitrogens with zero attached hydrogens (tertiary/aromatic N) is 4. The molecule has 2 aromatic carbocycles. The lowest BCUT2D eigenvalue weighted by molar-refractivity contribution is -0.127. The van der Waals surface area contributed by atoms with Gasteiger partial charge in [-0.05, 0) is 55.3 Å². The number of aromatic nitrogens is 3. The quantitative estimate of drug-likeness (QED) is 0.388. The molecule has 0 saturated heterocycles. The first kappa shape index (κ1) is 19.0. The largest absolute Gasteiger partial charge is 0.419 e. The molecule has 0 atom stereocenters. The number of para-hydroxylation sites is 1. The summed E-state index contributed by atoms with van der Waals surface area (Å²) >= 11 is 7.49. The van der Waals surface area contributed by atoms with Crippen molar-refractivity contribution in [1.29, 1.82) is 0 Å². The van der Waals surface area contributed by atoms with E-state index in [1.807, 2.05) is 36.4 Å². The minimum atomic E-state index is -0.0806. The van der Waals surface area contributed by atoms with Gasteiger partial charge in [0.25, 0.3) is 0 Å². The lowest BCUT2D eigenvalue weighted by atomic mass is 10.2. The first-order valence-electron chi connectivity index (χ1n) is 9.58. The maximum absolute atomic E-state index is 12.8. The Morgan fingerprint density at radius 2 is 1.97 bits per heavy atom. The molecule has 0 radical (unpaired) electrons. The Hall–Kier alpha value is -3.03. The molecule has 30 heavy (non-hydrogen) atoms. The number of rotatable bonds is 6. The van der Waals surface area contributed by atoms with Crippen LogP contribution in [0.3, 0.4) is 0 Å². The summed E-state index contributed by atoms with van der Waals surface area (Å²) in [7, 11) is 0. The summed E-state index contributed by atoms with van der Waals surface area (Å²) in [4.78, 5) is 19.2. The Bertz CT molecular complexity index is 1190. The van der Waals surface area contributed by atoms with Crippen molar-refractivity contribution in [3.8, 4) is 11.5 Å². The fraction of sp³-hybridized carbons (Fsp3) is 0.182. The van der Waals surface area contributed by atoms with E-state index in [1.54, 1.807) is 40.5 Å². The molecule has 1 saturated carbocycles. The number of hydrogen-bond donors (Lipinski definition) is 0. The molecule has 2 aromatic heterocycles. The highest BCUT2D eigenvalue weighted by atomic mass is 35.5. The van der Waals surface area contributed by atoms with Crippen molar-refractivity contribution in [3.05, 3.63) is 70.5 Å². The second kappa shape index (κ2) is 8.01. The third-order valence-corrected chi connectivity index (χ3v) is 6.07. The zero-order valence-electron chi connectivity index (χ0n) is 15.9. The van der Waals surface area contributed by atoms with Crippen molar-refractivity contribution in [2.24, 2.45) is 0 Å². The average molecular weight is 437 g/mol. The molecule has 150 valence electrons. The zero-order chi connectivity index (χ0) is 20.5. The fourth-order valence-electron chi connectivity index (χ4n) is 3.15. The lowest BCUT2D eigenvalue weighted by Gasteiger charge is -2.18. The van der Waals surface area contributed by atoms with E-state index in [0.29, 0.717) is 16.8 Å². The number of carbonyl (C=O) groups is 1. The Morgan fingerprint density at radius 3 is 2.73 bits per heavy atom. The van der Waals surface area contributed by atoms with E-state index in [9.17, 15) is 4.79 Å². The third-order valence-electron chi connectivity index (χ3n) is 4.81. The van der Waals surface area contributed by atoms with E-state index >= 15 is 0 Å². The Morgan fingerprint density at radius 1 is 1.17 bits per heavy atom. The molecule has 1 aliphatic carbocycles. The number of fused-ring (bicyclic) bond motifs is 1. The second-order valence-electron chi connectivity index (χ2n) is 7.06. The van der Waals surface area contributed by atoms with Crippen LogP contribution < -0.4 is 0 Å². The van der Waals surface area contributed by atoms with Crippen LogP contribution in [-0.4, -0.2) is 32.0 Å². The predicted octanol–water partition coefficient (Wildman–Crippen LogP) is 5.20. The number of benzene rings is 2. The van der Waals surface area contributed by atoms with Crippen molar-refractivity contribution in [2.45, 2.75) is 25.4 Å². The van der Waals surface area contributed by atoms with Crippen LogP contribution in [0, 0.1) is 0 Å². The zero-order valence-corrected chi connectivity index (χ0v) is 17.4. The molecule has 1 aliphatic rings. The number of amides is 1. The van der Waals surface area contributed by atoms with Gasteiger partial charge in [-0.25, -0.2) is 4.98 Å². The van der Waals surface area contributed by atoms with E-state index in [-0.39, 0.29) is 18.5 Å². The molecule has 5 rings (SSSR count). The highest BCUT2D eigenvalue weighted by Crippen LogP contribution is 2.30. The van der Waals surface area contributed by atoms with Crippen LogP contribution in [0.2, 0.25) is 5.02 Å². The van der Waals surface area contributed by atoms with Crippen molar-refractivity contribution in [1.82, 2.24) is 20.1 Å². The molecular weight excluding hydrogens is 420 g/mol. The van der Waals surface area contributed by atoms with Crippen molar-refractivity contribution in [2.75, 3.05) is 0 Å². The van der Waals surface area contributed by atoms with Crippen LogP contribution in [0.1, 0.15) is 23.7 Å². The summed E-state index contributed by atoms with van der Waals surface area (Å²) in [6, 6.07) is 15.3. The average Bonchev–Trinajstić information content (AvgIpc) is 3.33. The van der Waals surface area contributed by atoms with E-state index in [1.165, 1.54) is 0 Å². The molecular formula is C22H17ClN4O2S. The van der Waals surface area contributed by atoms with E-state index in [2.05, 4.69) is 15.2 Å². The molecule has 0 aliphatic heterocycles. The minimum absolute atomic E-state index is 0.0806. The first-order chi connectivity index (χ1) is 14.7. The topological polar surface area (TPSA) is 72.1 Å². The SMILES string of the molecule is O=C(/C=C/c1nc2ccccc2s1)N(Cc1nnc(-c2ccc(Cl)cc2)o1)C1CC1. The van der Waals surface area contributed by atoms with Gasteiger partial charge in [0.1, 0.15) is 5.01 Å². The van der Waals surface area contributed by atoms with Gasteiger partial charge in [0.2, 0.25) is 17.7 Å². The molecule has 1 fully saturated rings. The van der Waals surface area contributed by atoms with Gasteiger partial charge in [-0.1, -0.05) is 23.7 Å². The Balaban J connectivity index is 1.30. The van der Waals surface area contributed by atoms with E-state index in [0.717, 1.165) is 33.6 Å². The maximum Gasteiger partial charge on any atom is 0.247 e. The minimum Gasteiger partial charge on any atom is -0.419 e. The summed E-state index contributed by atoms with van der Waals surface area (Å²) in [6.45, 7) is 0.286. The fourth-order valence-corrected chi connectivity index (χ4v) is 4.14. The normalized spacial score (nSPS) is 13.9. The van der Waals surface area contributed by atoms with Crippen molar-refractivity contribution in [3.63, 3.8) is 0 Å². The standard InChI is InChI=1S/C22H17ClN4O2S/c23-15-7-5-14(6-8-15)22-26-25-19(29-22)13-27(16-9-10-16)21(28)12-11-20-24-17-3-1-2-4-18(17)30-20/h1-8,11-12,16H,9-10,13H2/b12-11+. The molecule has 0 unspecified atom stereocenters. The Labute approximate surface area is 181 Å². The van der Waals surface area contributed by atoms with Crippen LogP contribution >= 0.6 is 22.9 Å². The molecule has 2 heterocycles. The van der Waals surface area contributed by atoms with Gasteiger partial charge in [0.15, 0.2) is 0 Å². The summed E-state index contributed by atoms with van der Waals surface area (Å²) in [5, 5.41) is 9.67. The van der Waals surface area contributed by atoms with Crippen LogP contribution in [0.25, 0.3) is 27.7 Å². The molecule has 0 spiro atoms. The first-order valence-corrected chi connectivity index (χ1v) is 10.8. The van der Waals surface area contributed by atoms with Crippen LogP contribution in [0.5, 0.6) is 0 Å². The Kier molecular flexibility index (Phi) is 5.06. The number of hydrogen-bond acceptors (Lipinski definition) is 6. The summed E-state index contributed by atoms with van der Waals surface area (Å²) < 4.78 is 6.88. The van der Waals surface area contributed by atoms with Gasteiger partial charge < -0.3 is 9.32 Å². The number of halogens is 1. The summed E-state index contributed by atoms with van der Waals surface area (Å²) in [6.07, 6.45) is 5.32.